The van der Waals surface area contributed by atoms with Crippen LogP contribution < -0.4 is 10.1 Å². The molecule has 0 saturated heterocycles. The fourth-order valence-electron chi connectivity index (χ4n) is 2.15. The molecule has 28 heavy (non-hydrogen) atoms. The van der Waals surface area contributed by atoms with E-state index in [1.54, 1.807) is 0 Å². The summed E-state index contributed by atoms with van der Waals surface area (Å²) in [6.07, 6.45) is -7.78. The SMILES string of the molecule is O=C(/C=C(/c1ccccc1)C(F)(F)F)NCc1cccnc1OCC(F)(F)F. The largest absolute Gasteiger partial charge is 0.468 e. The average molecular weight is 404 g/mol. The summed E-state index contributed by atoms with van der Waals surface area (Å²) in [7, 11) is 0. The van der Waals surface area contributed by atoms with Gasteiger partial charge >= 0.3 is 12.4 Å². The standard InChI is InChI=1S/C18H14F6N2O2/c19-17(20,21)11-28-16-13(7-4-8-25-16)10-26-15(27)9-14(18(22,23)24)12-5-2-1-3-6-12/h1-9H,10-11H2,(H,26,27)/b14-9-. The number of benzene rings is 1. The van der Waals surface area contributed by atoms with E-state index in [1.165, 1.54) is 48.7 Å². The fraction of sp³-hybridized carbons (Fsp3) is 0.222. The summed E-state index contributed by atoms with van der Waals surface area (Å²) in [5.41, 5.74) is -1.26. The molecule has 2 rings (SSSR count). The summed E-state index contributed by atoms with van der Waals surface area (Å²) in [6, 6.07) is 9.46. The molecule has 4 nitrogen and oxygen atoms in total. The number of hydrogen-bond donors (Lipinski definition) is 1. The lowest BCUT2D eigenvalue weighted by Crippen LogP contribution is -2.24. The van der Waals surface area contributed by atoms with E-state index in [1.807, 2.05) is 0 Å². The molecule has 0 aliphatic carbocycles. The number of pyridine rings is 1. The van der Waals surface area contributed by atoms with Crippen molar-refractivity contribution in [2.24, 2.45) is 0 Å². The number of ether oxygens (including phenoxy) is 1. The van der Waals surface area contributed by atoms with Crippen LogP contribution in [0.1, 0.15) is 11.1 Å². The molecule has 0 atom stereocenters. The molecular weight excluding hydrogens is 390 g/mol. The molecule has 0 saturated carbocycles. The van der Waals surface area contributed by atoms with Gasteiger partial charge in [0.05, 0.1) is 5.57 Å². The minimum atomic E-state index is -4.77. The number of rotatable bonds is 6. The lowest BCUT2D eigenvalue weighted by molar-refractivity contribution is -0.154. The van der Waals surface area contributed by atoms with Crippen LogP contribution in [0, 0.1) is 0 Å². The van der Waals surface area contributed by atoms with Gasteiger partial charge < -0.3 is 10.1 Å². The molecule has 1 aromatic carbocycles. The molecule has 0 aliphatic heterocycles. The third-order valence-electron chi connectivity index (χ3n) is 3.34. The van der Waals surface area contributed by atoms with Crippen LogP contribution in [-0.4, -0.2) is 29.9 Å². The van der Waals surface area contributed by atoms with E-state index in [4.69, 9.17) is 0 Å². The quantitative estimate of drug-likeness (QED) is 0.578. The van der Waals surface area contributed by atoms with Crippen LogP contribution in [0.15, 0.2) is 54.7 Å². The van der Waals surface area contributed by atoms with Crippen molar-refractivity contribution in [3.63, 3.8) is 0 Å². The minimum absolute atomic E-state index is 0.0850. The lowest BCUT2D eigenvalue weighted by Gasteiger charge is -2.13. The number of amides is 1. The molecule has 1 amide bonds. The van der Waals surface area contributed by atoms with Gasteiger partial charge in [-0.3, -0.25) is 4.79 Å². The van der Waals surface area contributed by atoms with Crippen molar-refractivity contribution in [3.05, 3.63) is 65.9 Å². The van der Waals surface area contributed by atoms with Gasteiger partial charge in [-0.1, -0.05) is 36.4 Å². The first-order valence-electron chi connectivity index (χ1n) is 7.82. The molecule has 0 fully saturated rings. The van der Waals surface area contributed by atoms with Crippen LogP contribution in [0.4, 0.5) is 26.3 Å². The van der Waals surface area contributed by atoms with Crippen LogP contribution in [0.2, 0.25) is 0 Å². The van der Waals surface area contributed by atoms with E-state index in [9.17, 15) is 31.1 Å². The summed E-state index contributed by atoms with van der Waals surface area (Å²) >= 11 is 0. The Morgan fingerprint density at radius 3 is 2.32 bits per heavy atom. The van der Waals surface area contributed by atoms with Gasteiger partial charge in [0.15, 0.2) is 6.61 Å². The lowest BCUT2D eigenvalue weighted by atomic mass is 10.1. The number of allylic oxidation sites excluding steroid dienone is 1. The number of halogens is 6. The second-order valence-electron chi connectivity index (χ2n) is 5.51. The third kappa shape index (κ3) is 6.60. The molecule has 150 valence electrons. The zero-order valence-corrected chi connectivity index (χ0v) is 14.1. The average Bonchev–Trinajstić information content (AvgIpc) is 2.62. The Morgan fingerprint density at radius 2 is 1.71 bits per heavy atom. The Balaban J connectivity index is 2.12. The fourth-order valence-corrected chi connectivity index (χ4v) is 2.15. The molecule has 1 N–H and O–H groups in total. The van der Waals surface area contributed by atoms with Gasteiger partial charge in [0.25, 0.3) is 0 Å². The van der Waals surface area contributed by atoms with Gasteiger partial charge in [-0.25, -0.2) is 4.98 Å². The van der Waals surface area contributed by atoms with Crippen molar-refractivity contribution < 1.29 is 35.9 Å². The number of carbonyl (C=O) groups is 1. The van der Waals surface area contributed by atoms with Crippen LogP contribution in [0.5, 0.6) is 5.88 Å². The van der Waals surface area contributed by atoms with Crippen molar-refractivity contribution in [1.29, 1.82) is 0 Å². The highest BCUT2D eigenvalue weighted by molar-refractivity contribution is 5.96. The summed E-state index contributed by atoms with van der Waals surface area (Å²) in [5, 5.41) is 2.19. The van der Waals surface area contributed by atoms with Crippen LogP contribution in [-0.2, 0) is 11.3 Å². The van der Waals surface area contributed by atoms with Crippen molar-refractivity contribution in [2.75, 3.05) is 6.61 Å². The molecule has 0 unspecified atom stereocenters. The maximum Gasteiger partial charge on any atom is 0.422 e. The Hall–Kier alpha value is -3.04. The normalized spacial score (nSPS) is 12.6. The number of aromatic nitrogens is 1. The topological polar surface area (TPSA) is 51.2 Å². The van der Waals surface area contributed by atoms with E-state index >= 15 is 0 Å². The molecule has 10 heteroatoms. The Labute approximate surface area is 155 Å². The van der Waals surface area contributed by atoms with Gasteiger partial charge in [-0.2, -0.15) is 26.3 Å². The highest BCUT2D eigenvalue weighted by Crippen LogP contribution is 2.33. The first-order valence-corrected chi connectivity index (χ1v) is 7.82. The highest BCUT2D eigenvalue weighted by Gasteiger charge is 2.35. The molecule has 0 radical (unpaired) electrons. The zero-order valence-electron chi connectivity index (χ0n) is 14.1. The molecular formula is C18H14F6N2O2. The molecule has 0 aliphatic rings. The van der Waals surface area contributed by atoms with Gasteiger partial charge in [-0.15, -0.1) is 0 Å². The molecule has 1 aromatic heterocycles. The predicted molar refractivity (Wildman–Crippen MR) is 88.1 cm³/mol. The van der Waals surface area contributed by atoms with Gasteiger partial charge in [0.1, 0.15) is 0 Å². The summed E-state index contributed by atoms with van der Waals surface area (Å²) < 4.78 is 81.0. The smallest absolute Gasteiger partial charge is 0.422 e. The molecule has 2 aromatic rings. The second kappa shape index (κ2) is 8.77. The highest BCUT2D eigenvalue weighted by atomic mass is 19.4. The number of hydrogen-bond acceptors (Lipinski definition) is 3. The first kappa shape index (κ1) is 21.3. The molecule has 0 spiro atoms. The maximum atomic E-state index is 13.2. The Morgan fingerprint density at radius 1 is 1.04 bits per heavy atom. The Bertz CT molecular complexity index is 832. The van der Waals surface area contributed by atoms with Crippen molar-refractivity contribution in [2.45, 2.75) is 18.9 Å². The van der Waals surface area contributed by atoms with Gasteiger partial charge in [0, 0.05) is 24.4 Å². The summed E-state index contributed by atoms with van der Waals surface area (Å²) in [6.45, 7) is -1.95. The van der Waals surface area contributed by atoms with E-state index in [0.717, 1.165) is 0 Å². The zero-order chi connectivity index (χ0) is 20.8. The maximum absolute atomic E-state index is 13.2. The minimum Gasteiger partial charge on any atom is -0.468 e. The monoisotopic (exact) mass is 404 g/mol. The summed E-state index contributed by atoms with van der Waals surface area (Å²) in [5.74, 6) is -1.44. The van der Waals surface area contributed by atoms with E-state index in [0.29, 0.717) is 6.08 Å². The number of carbonyl (C=O) groups excluding carboxylic acids is 1. The first-order chi connectivity index (χ1) is 13.1. The number of alkyl halides is 6. The van der Waals surface area contributed by atoms with Crippen molar-refractivity contribution in [3.8, 4) is 5.88 Å². The molecule has 1 heterocycles. The predicted octanol–water partition coefficient (Wildman–Crippen LogP) is 4.28. The van der Waals surface area contributed by atoms with E-state index in [2.05, 4.69) is 15.0 Å². The van der Waals surface area contributed by atoms with Crippen molar-refractivity contribution in [1.82, 2.24) is 10.3 Å². The van der Waals surface area contributed by atoms with E-state index in [-0.39, 0.29) is 23.6 Å². The molecule has 0 bridgehead atoms. The van der Waals surface area contributed by atoms with Gasteiger partial charge in [0.2, 0.25) is 11.8 Å². The van der Waals surface area contributed by atoms with Gasteiger partial charge in [-0.05, 0) is 11.6 Å². The van der Waals surface area contributed by atoms with Crippen LogP contribution in [0.25, 0.3) is 5.57 Å². The third-order valence-corrected chi connectivity index (χ3v) is 3.34. The summed E-state index contributed by atoms with van der Waals surface area (Å²) in [4.78, 5) is 15.6. The van der Waals surface area contributed by atoms with Crippen LogP contribution >= 0.6 is 0 Å². The second-order valence-corrected chi connectivity index (χ2v) is 5.51. The Kier molecular flexibility index (Phi) is 6.66. The number of nitrogens with one attached hydrogen (secondary N) is 1. The van der Waals surface area contributed by atoms with Crippen molar-refractivity contribution >= 4 is 11.5 Å². The van der Waals surface area contributed by atoms with Crippen LogP contribution in [0.3, 0.4) is 0 Å². The van der Waals surface area contributed by atoms with E-state index < -0.39 is 30.4 Å². The number of nitrogens with zero attached hydrogens (tertiary/aromatic N) is 1.